The van der Waals surface area contributed by atoms with Crippen molar-refractivity contribution >= 4 is 15.5 Å². The van der Waals surface area contributed by atoms with E-state index in [9.17, 15) is 12.8 Å². The topological polar surface area (TPSA) is 40.6 Å². The fourth-order valence-corrected chi connectivity index (χ4v) is 5.59. The van der Waals surface area contributed by atoms with Gasteiger partial charge in [-0.1, -0.05) is 0 Å². The largest absolute Gasteiger partial charge is 0.371 e. The fourth-order valence-electron chi connectivity index (χ4n) is 4.29. The summed E-state index contributed by atoms with van der Waals surface area (Å²) in [5.74, 6) is -0.0896. The molecule has 0 amide bonds. The van der Waals surface area contributed by atoms with Crippen LogP contribution < -0.4 is 4.90 Å². The highest BCUT2D eigenvalue weighted by Crippen LogP contribution is 2.45. The van der Waals surface area contributed by atoms with Crippen LogP contribution in [0.4, 0.5) is 10.1 Å². The molecule has 138 valence electrons. The number of hydrogen-bond donors (Lipinski definition) is 0. The predicted molar refractivity (Wildman–Crippen MR) is 100.0 cm³/mol. The minimum absolute atomic E-state index is 0.127. The number of likely N-dealkylation sites (N-methyl/N-ethyl adjacent to an activating group) is 1. The van der Waals surface area contributed by atoms with Gasteiger partial charge in [-0.25, -0.2) is 12.8 Å². The van der Waals surface area contributed by atoms with Crippen LogP contribution in [0.1, 0.15) is 24.3 Å². The number of likely N-dealkylation sites (tertiary alicyclic amines) is 1. The zero-order valence-corrected chi connectivity index (χ0v) is 15.8. The van der Waals surface area contributed by atoms with Crippen LogP contribution in [0.2, 0.25) is 0 Å². The summed E-state index contributed by atoms with van der Waals surface area (Å²) in [7, 11) is 0.588. The Morgan fingerprint density at radius 1 is 0.962 bits per heavy atom. The first kappa shape index (κ1) is 17.5. The van der Waals surface area contributed by atoms with Crippen LogP contribution >= 0.6 is 0 Å². The summed E-state index contributed by atoms with van der Waals surface area (Å²) in [6, 6.07) is 10.9. The fraction of sp³-hybridized carbons (Fsp3) is 0.400. The molecule has 0 unspecified atom stereocenters. The van der Waals surface area contributed by atoms with Crippen molar-refractivity contribution in [1.29, 1.82) is 0 Å². The van der Waals surface area contributed by atoms with E-state index < -0.39 is 15.7 Å². The lowest BCUT2D eigenvalue weighted by atomic mass is 9.91. The molecule has 0 spiro atoms. The number of nitrogens with zero attached hydrogens (tertiary/aromatic N) is 2. The molecule has 0 saturated carbocycles. The zero-order valence-electron chi connectivity index (χ0n) is 15.0. The van der Waals surface area contributed by atoms with Gasteiger partial charge in [-0.3, -0.25) is 0 Å². The molecule has 2 aliphatic heterocycles. The Balaban J connectivity index is 1.75. The zero-order chi connectivity index (χ0) is 18.5. The van der Waals surface area contributed by atoms with Crippen molar-refractivity contribution in [2.75, 3.05) is 32.1 Å². The van der Waals surface area contributed by atoms with Crippen LogP contribution in [-0.4, -0.2) is 46.5 Å². The van der Waals surface area contributed by atoms with Crippen molar-refractivity contribution in [1.82, 2.24) is 4.90 Å². The Morgan fingerprint density at radius 2 is 1.62 bits per heavy atom. The lowest BCUT2D eigenvalue weighted by molar-refractivity contribution is 0.345. The molecule has 0 aliphatic carbocycles. The quantitative estimate of drug-likeness (QED) is 0.757. The molecule has 1 fully saturated rings. The monoisotopic (exact) mass is 374 g/mol. The number of fused-ring (bicyclic) bond motifs is 3. The van der Waals surface area contributed by atoms with E-state index in [0.717, 1.165) is 37.2 Å². The third kappa shape index (κ3) is 2.81. The lowest BCUT2D eigenvalue weighted by Gasteiger charge is -2.25. The maximum absolute atomic E-state index is 13.2. The summed E-state index contributed by atoms with van der Waals surface area (Å²) in [4.78, 5) is 5.05. The second-order valence-electron chi connectivity index (χ2n) is 7.34. The molecule has 1 saturated heterocycles. The van der Waals surface area contributed by atoms with Crippen molar-refractivity contribution in [3.8, 4) is 0 Å². The number of hydrogen-bond acceptors (Lipinski definition) is 4. The van der Waals surface area contributed by atoms with Gasteiger partial charge >= 0.3 is 0 Å². The van der Waals surface area contributed by atoms with Crippen LogP contribution in [0, 0.1) is 5.82 Å². The van der Waals surface area contributed by atoms with Gasteiger partial charge in [-0.2, -0.15) is 0 Å². The minimum atomic E-state index is -3.65. The highest BCUT2D eigenvalue weighted by atomic mass is 32.2. The van der Waals surface area contributed by atoms with Gasteiger partial charge in [0.1, 0.15) is 5.82 Å². The van der Waals surface area contributed by atoms with Crippen molar-refractivity contribution in [2.45, 2.75) is 34.6 Å². The van der Waals surface area contributed by atoms with Gasteiger partial charge in [-0.05, 0) is 81.0 Å². The van der Waals surface area contributed by atoms with E-state index >= 15 is 0 Å². The van der Waals surface area contributed by atoms with Gasteiger partial charge in [-0.15, -0.1) is 0 Å². The van der Waals surface area contributed by atoms with Crippen LogP contribution in [-0.2, 0) is 9.84 Å². The van der Waals surface area contributed by atoms with Gasteiger partial charge in [0.05, 0.1) is 9.79 Å². The molecule has 0 bridgehead atoms. The Morgan fingerprint density at radius 3 is 2.35 bits per heavy atom. The first-order chi connectivity index (χ1) is 12.4. The molecule has 4 nitrogen and oxygen atoms in total. The lowest BCUT2D eigenvalue weighted by Crippen LogP contribution is -2.31. The summed E-state index contributed by atoms with van der Waals surface area (Å²) in [6.45, 7) is 2.07. The van der Waals surface area contributed by atoms with Crippen LogP contribution in [0.15, 0.2) is 52.3 Å². The molecular formula is C20H23FN2O2S. The third-order valence-electron chi connectivity index (χ3n) is 5.80. The van der Waals surface area contributed by atoms with Gasteiger partial charge in [0.2, 0.25) is 9.84 Å². The highest BCUT2D eigenvalue weighted by molar-refractivity contribution is 7.91. The van der Waals surface area contributed by atoms with Gasteiger partial charge in [0.25, 0.3) is 0 Å². The summed E-state index contributed by atoms with van der Waals surface area (Å²) < 4.78 is 39.1. The molecule has 0 aromatic heterocycles. The number of halogens is 1. The molecular weight excluding hydrogens is 351 g/mol. The number of rotatable bonds is 2. The number of sulfone groups is 1. The van der Waals surface area contributed by atoms with Crippen LogP contribution in [0.3, 0.4) is 0 Å². The predicted octanol–water partition coefficient (Wildman–Crippen LogP) is 3.29. The molecule has 26 heavy (non-hydrogen) atoms. The molecule has 2 aromatic carbocycles. The summed E-state index contributed by atoms with van der Waals surface area (Å²) >= 11 is 0. The minimum Gasteiger partial charge on any atom is -0.371 e. The second kappa shape index (κ2) is 6.35. The van der Waals surface area contributed by atoms with E-state index in [0.29, 0.717) is 12.0 Å². The Hall–Kier alpha value is -1.92. The van der Waals surface area contributed by atoms with E-state index in [1.54, 1.807) is 6.07 Å². The van der Waals surface area contributed by atoms with Gasteiger partial charge in [0.15, 0.2) is 0 Å². The highest BCUT2D eigenvalue weighted by Gasteiger charge is 2.38. The van der Waals surface area contributed by atoms with Gasteiger partial charge < -0.3 is 9.80 Å². The van der Waals surface area contributed by atoms with E-state index in [1.165, 1.54) is 24.3 Å². The van der Waals surface area contributed by atoms with E-state index in [4.69, 9.17) is 0 Å². The molecule has 0 radical (unpaired) electrons. The first-order valence-corrected chi connectivity index (χ1v) is 10.4. The van der Waals surface area contributed by atoms with Crippen molar-refractivity contribution in [3.63, 3.8) is 0 Å². The Bertz CT molecular complexity index is 927. The molecule has 4 rings (SSSR count). The molecule has 2 heterocycles. The normalized spacial score (nSPS) is 23.4. The Labute approximate surface area is 154 Å². The molecule has 2 atom stereocenters. The number of benzene rings is 2. The van der Waals surface area contributed by atoms with Crippen molar-refractivity contribution in [2.24, 2.45) is 0 Å². The van der Waals surface area contributed by atoms with Gasteiger partial charge in [0, 0.05) is 24.7 Å². The molecule has 2 aliphatic rings. The smallest absolute Gasteiger partial charge is 0.206 e. The van der Waals surface area contributed by atoms with Crippen LogP contribution in [0.25, 0.3) is 0 Å². The maximum Gasteiger partial charge on any atom is 0.206 e. The number of anilines is 1. The molecule has 2 aromatic rings. The average molecular weight is 374 g/mol. The van der Waals surface area contributed by atoms with Crippen molar-refractivity contribution in [3.05, 3.63) is 53.8 Å². The average Bonchev–Trinajstić information content (AvgIpc) is 2.76. The van der Waals surface area contributed by atoms with Crippen LogP contribution in [0.5, 0.6) is 0 Å². The maximum atomic E-state index is 13.2. The van der Waals surface area contributed by atoms with E-state index in [2.05, 4.69) is 23.9 Å². The summed E-state index contributed by atoms with van der Waals surface area (Å²) in [5.41, 5.74) is 2.25. The Kier molecular flexibility index (Phi) is 4.28. The standard InChI is InChI=1S/C20H23FN2O2S/c1-22-11-9-17-18-13-16(7-8-19(18)23(2)20(17)10-12-22)26(24,25)15-5-3-14(21)4-6-15/h3-8,13,17,20H,9-12H2,1-2H3/t17-,20-/m0/s1. The van der Waals surface area contributed by atoms with E-state index in [-0.39, 0.29) is 9.79 Å². The van der Waals surface area contributed by atoms with E-state index in [1.807, 2.05) is 12.1 Å². The molecule has 6 heteroatoms. The summed E-state index contributed by atoms with van der Waals surface area (Å²) in [5, 5.41) is 0. The third-order valence-corrected chi connectivity index (χ3v) is 7.57. The van der Waals surface area contributed by atoms with Crippen molar-refractivity contribution < 1.29 is 12.8 Å². The summed E-state index contributed by atoms with van der Waals surface area (Å²) in [6.07, 6.45) is 2.10. The molecule has 0 N–H and O–H groups in total. The first-order valence-electron chi connectivity index (χ1n) is 8.94. The second-order valence-corrected chi connectivity index (χ2v) is 9.29. The SMILES string of the molecule is CN1CC[C@H]2c3cc(S(=O)(=O)c4ccc(F)cc4)ccc3N(C)[C@H]2CC1.